The molecule has 3 heteroatoms. The van der Waals surface area contributed by atoms with Gasteiger partial charge in [0.25, 0.3) is 5.91 Å². The fraction of sp³-hybridized carbons (Fsp3) is 0.562. The minimum absolute atomic E-state index is 0.00884. The molecule has 2 N–H and O–H groups in total. The summed E-state index contributed by atoms with van der Waals surface area (Å²) >= 11 is 0. The Kier molecular flexibility index (Phi) is 9.81. The van der Waals surface area contributed by atoms with E-state index in [1.165, 1.54) is 5.56 Å². The molecule has 0 aliphatic heterocycles. The average molecular weight is 264 g/mol. The number of hydrogen-bond donors (Lipinski definition) is 2. The third-order valence-corrected chi connectivity index (χ3v) is 2.51. The molecule has 0 saturated carbocycles. The van der Waals surface area contributed by atoms with Crippen molar-refractivity contribution >= 4 is 5.91 Å². The first-order valence-corrected chi connectivity index (χ1v) is 7.18. The standard InChI is InChI=1S/C14H22N2O.C2H6/c1-11(2)15-9-4-10-16-14(17)13-7-5-12(3)6-8-13;1-2/h5-8,11,15H,4,9-10H2,1-3H3,(H,16,17);1-2H3. The van der Waals surface area contributed by atoms with Crippen LogP contribution in [0, 0.1) is 6.92 Å². The van der Waals surface area contributed by atoms with Crippen LogP contribution in [0.5, 0.6) is 0 Å². The molecule has 0 aliphatic carbocycles. The summed E-state index contributed by atoms with van der Waals surface area (Å²) in [5.74, 6) is 0.00884. The molecular formula is C16H28N2O. The van der Waals surface area contributed by atoms with Crippen LogP contribution in [0.3, 0.4) is 0 Å². The molecule has 1 aromatic rings. The number of hydrogen-bond acceptors (Lipinski definition) is 2. The zero-order valence-electron chi connectivity index (χ0n) is 12.9. The number of rotatable bonds is 6. The maximum atomic E-state index is 11.7. The summed E-state index contributed by atoms with van der Waals surface area (Å²) in [6.45, 7) is 11.9. The third-order valence-electron chi connectivity index (χ3n) is 2.51. The Morgan fingerprint density at radius 1 is 1.11 bits per heavy atom. The normalized spacial score (nSPS) is 9.79. The molecule has 0 aliphatic rings. The van der Waals surface area contributed by atoms with Gasteiger partial charge in [-0.05, 0) is 32.0 Å². The first-order valence-electron chi connectivity index (χ1n) is 7.18. The highest BCUT2D eigenvalue weighted by atomic mass is 16.1. The van der Waals surface area contributed by atoms with Crippen molar-refractivity contribution in [3.63, 3.8) is 0 Å². The van der Waals surface area contributed by atoms with Crippen LogP contribution in [-0.2, 0) is 0 Å². The number of amides is 1. The fourth-order valence-corrected chi connectivity index (χ4v) is 1.49. The highest BCUT2D eigenvalue weighted by Crippen LogP contribution is 2.02. The molecule has 0 unspecified atom stereocenters. The lowest BCUT2D eigenvalue weighted by atomic mass is 10.1. The van der Waals surface area contributed by atoms with Crippen molar-refractivity contribution < 1.29 is 4.79 Å². The average Bonchev–Trinajstić information content (AvgIpc) is 2.41. The van der Waals surface area contributed by atoms with Crippen LogP contribution in [0.1, 0.15) is 50.0 Å². The van der Waals surface area contributed by atoms with Gasteiger partial charge < -0.3 is 10.6 Å². The number of carbonyl (C=O) groups is 1. The lowest BCUT2D eigenvalue weighted by Crippen LogP contribution is -2.29. The van der Waals surface area contributed by atoms with Crippen LogP contribution in [0.25, 0.3) is 0 Å². The van der Waals surface area contributed by atoms with E-state index in [1.54, 1.807) is 0 Å². The Labute approximate surface area is 117 Å². The van der Waals surface area contributed by atoms with Crippen molar-refractivity contribution in [1.82, 2.24) is 10.6 Å². The summed E-state index contributed by atoms with van der Waals surface area (Å²) in [5, 5.41) is 6.23. The van der Waals surface area contributed by atoms with E-state index in [0.29, 0.717) is 12.6 Å². The molecule has 0 heterocycles. The molecule has 0 fully saturated rings. The van der Waals surface area contributed by atoms with Gasteiger partial charge in [-0.15, -0.1) is 0 Å². The molecule has 1 amide bonds. The first kappa shape index (κ1) is 17.6. The molecule has 0 aromatic heterocycles. The second-order valence-electron chi connectivity index (χ2n) is 4.58. The summed E-state index contributed by atoms with van der Waals surface area (Å²) < 4.78 is 0. The van der Waals surface area contributed by atoms with Gasteiger partial charge in [0.15, 0.2) is 0 Å². The van der Waals surface area contributed by atoms with Crippen LogP contribution < -0.4 is 10.6 Å². The molecule has 0 radical (unpaired) electrons. The summed E-state index contributed by atoms with van der Waals surface area (Å²) in [7, 11) is 0. The van der Waals surface area contributed by atoms with E-state index in [4.69, 9.17) is 0 Å². The molecular weight excluding hydrogens is 236 g/mol. The smallest absolute Gasteiger partial charge is 0.251 e. The molecule has 0 atom stereocenters. The van der Waals surface area contributed by atoms with Gasteiger partial charge in [-0.1, -0.05) is 45.4 Å². The highest BCUT2D eigenvalue weighted by Gasteiger charge is 2.03. The van der Waals surface area contributed by atoms with Crippen LogP contribution in [0.2, 0.25) is 0 Å². The molecule has 3 nitrogen and oxygen atoms in total. The summed E-state index contributed by atoms with van der Waals surface area (Å²) in [6.07, 6.45) is 0.954. The van der Waals surface area contributed by atoms with Gasteiger partial charge in [0.1, 0.15) is 0 Å². The molecule has 0 saturated heterocycles. The maximum Gasteiger partial charge on any atom is 0.251 e. The predicted octanol–water partition coefficient (Wildman–Crippen LogP) is 3.14. The Bertz CT molecular complexity index is 344. The van der Waals surface area contributed by atoms with Crippen molar-refractivity contribution in [2.24, 2.45) is 0 Å². The first-order chi connectivity index (χ1) is 9.09. The van der Waals surface area contributed by atoms with Crippen molar-refractivity contribution in [2.75, 3.05) is 13.1 Å². The van der Waals surface area contributed by atoms with Gasteiger partial charge >= 0.3 is 0 Å². The minimum Gasteiger partial charge on any atom is -0.352 e. The fourth-order valence-electron chi connectivity index (χ4n) is 1.49. The minimum atomic E-state index is 0.00884. The van der Waals surface area contributed by atoms with Crippen molar-refractivity contribution in [1.29, 1.82) is 0 Å². The van der Waals surface area contributed by atoms with Crippen LogP contribution in [-0.4, -0.2) is 25.0 Å². The van der Waals surface area contributed by atoms with E-state index in [-0.39, 0.29) is 5.91 Å². The van der Waals surface area contributed by atoms with Crippen molar-refractivity contribution in [3.8, 4) is 0 Å². The second-order valence-corrected chi connectivity index (χ2v) is 4.58. The maximum absolute atomic E-state index is 11.7. The van der Waals surface area contributed by atoms with Gasteiger partial charge in [-0.3, -0.25) is 4.79 Å². The lowest BCUT2D eigenvalue weighted by Gasteiger charge is -2.08. The summed E-state index contributed by atoms with van der Waals surface area (Å²) in [6, 6.07) is 8.13. The Balaban J connectivity index is 0.00000154. The topological polar surface area (TPSA) is 41.1 Å². The van der Waals surface area contributed by atoms with Gasteiger partial charge in [-0.2, -0.15) is 0 Å². The van der Waals surface area contributed by atoms with Gasteiger partial charge in [0.2, 0.25) is 0 Å². The molecule has 0 spiro atoms. The van der Waals surface area contributed by atoms with E-state index in [1.807, 2.05) is 45.0 Å². The Morgan fingerprint density at radius 3 is 2.21 bits per heavy atom. The Hall–Kier alpha value is -1.35. The number of carbonyl (C=O) groups excluding carboxylic acids is 1. The predicted molar refractivity (Wildman–Crippen MR) is 82.6 cm³/mol. The Morgan fingerprint density at radius 2 is 1.68 bits per heavy atom. The van der Waals surface area contributed by atoms with E-state index in [0.717, 1.165) is 18.5 Å². The second kappa shape index (κ2) is 10.6. The summed E-state index contributed by atoms with van der Waals surface area (Å²) in [4.78, 5) is 11.7. The van der Waals surface area contributed by atoms with Crippen LogP contribution in [0.4, 0.5) is 0 Å². The number of benzene rings is 1. The van der Waals surface area contributed by atoms with Crippen molar-refractivity contribution in [3.05, 3.63) is 35.4 Å². The zero-order chi connectivity index (χ0) is 14.7. The molecule has 19 heavy (non-hydrogen) atoms. The number of aryl methyl sites for hydroxylation is 1. The van der Waals surface area contributed by atoms with Crippen LogP contribution >= 0.6 is 0 Å². The van der Waals surface area contributed by atoms with Gasteiger partial charge in [0, 0.05) is 18.2 Å². The third kappa shape index (κ3) is 8.38. The zero-order valence-corrected chi connectivity index (χ0v) is 12.9. The van der Waals surface area contributed by atoms with E-state index in [9.17, 15) is 4.79 Å². The highest BCUT2D eigenvalue weighted by molar-refractivity contribution is 5.94. The SMILES string of the molecule is CC.Cc1ccc(C(=O)NCCCNC(C)C)cc1. The molecule has 108 valence electrons. The van der Waals surface area contributed by atoms with E-state index >= 15 is 0 Å². The van der Waals surface area contributed by atoms with Gasteiger partial charge in [-0.25, -0.2) is 0 Å². The number of nitrogens with one attached hydrogen (secondary N) is 2. The van der Waals surface area contributed by atoms with E-state index in [2.05, 4.69) is 24.5 Å². The van der Waals surface area contributed by atoms with Gasteiger partial charge in [0.05, 0.1) is 0 Å². The quantitative estimate of drug-likeness (QED) is 0.775. The summed E-state index contributed by atoms with van der Waals surface area (Å²) in [5.41, 5.74) is 1.90. The molecule has 1 aromatic carbocycles. The largest absolute Gasteiger partial charge is 0.352 e. The molecule has 0 bridgehead atoms. The molecule has 1 rings (SSSR count). The van der Waals surface area contributed by atoms with E-state index < -0.39 is 0 Å². The van der Waals surface area contributed by atoms with Crippen LogP contribution in [0.15, 0.2) is 24.3 Å². The lowest BCUT2D eigenvalue weighted by molar-refractivity contribution is 0.0953. The van der Waals surface area contributed by atoms with Crippen molar-refractivity contribution in [2.45, 2.75) is 47.1 Å². The monoisotopic (exact) mass is 264 g/mol.